The number of nitrogens with one attached hydrogen (secondary N) is 1. The third-order valence-corrected chi connectivity index (χ3v) is 4.93. The molecule has 0 aliphatic carbocycles. The van der Waals surface area contributed by atoms with Crippen LogP contribution < -0.4 is 5.32 Å². The van der Waals surface area contributed by atoms with Crippen molar-refractivity contribution >= 4 is 33.7 Å². The molecule has 0 saturated carbocycles. The van der Waals surface area contributed by atoms with Crippen LogP contribution in [-0.4, -0.2) is 7.05 Å². The van der Waals surface area contributed by atoms with Crippen molar-refractivity contribution in [1.29, 1.82) is 0 Å². The lowest BCUT2D eigenvalue weighted by molar-refractivity contribution is 0.604. The average Bonchev–Trinajstić information content (AvgIpc) is 2.91. The van der Waals surface area contributed by atoms with Crippen molar-refractivity contribution in [1.82, 2.24) is 5.32 Å². The zero-order valence-corrected chi connectivity index (χ0v) is 12.8. The fourth-order valence-electron chi connectivity index (χ4n) is 2.55. The highest BCUT2D eigenvalue weighted by atomic mass is 35.5. The van der Waals surface area contributed by atoms with Gasteiger partial charge in [0.05, 0.1) is 4.34 Å². The first kappa shape index (κ1) is 13.6. The van der Waals surface area contributed by atoms with Gasteiger partial charge in [0, 0.05) is 10.9 Å². The third kappa shape index (κ3) is 2.73. The molecule has 0 radical (unpaired) electrons. The molecule has 3 aromatic rings. The topological polar surface area (TPSA) is 12.0 Å². The van der Waals surface area contributed by atoms with Crippen LogP contribution in [0.25, 0.3) is 10.8 Å². The minimum absolute atomic E-state index is 0.304. The summed E-state index contributed by atoms with van der Waals surface area (Å²) in [6.45, 7) is 0. The maximum absolute atomic E-state index is 6.05. The number of hydrogen-bond donors (Lipinski definition) is 1. The van der Waals surface area contributed by atoms with E-state index in [4.69, 9.17) is 11.6 Å². The SMILES string of the molecule is CNC(Cc1cccc2ccccc12)c1ccc(Cl)s1. The quantitative estimate of drug-likeness (QED) is 0.710. The Bertz CT molecular complexity index is 714. The lowest BCUT2D eigenvalue weighted by Crippen LogP contribution is -2.17. The number of likely N-dealkylation sites (N-methyl/N-ethyl adjacent to an activating group) is 1. The van der Waals surface area contributed by atoms with Gasteiger partial charge >= 0.3 is 0 Å². The van der Waals surface area contributed by atoms with E-state index in [1.807, 2.05) is 13.1 Å². The molecular formula is C17H16ClNS. The third-order valence-electron chi connectivity index (χ3n) is 3.59. The highest BCUT2D eigenvalue weighted by Gasteiger charge is 2.13. The Hall–Kier alpha value is -1.35. The van der Waals surface area contributed by atoms with E-state index in [2.05, 4.69) is 53.8 Å². The summed E-state index contributed by atoms with van der Waals surface area (Å²) < 4.78 is 0.846. The second kappa shape index (κ2) is 5.96. The Morgan fingerprint density at radius 1 is 1.05 bits per heavy atom. The van der Waals surface area contributed by atoms with Crippen molar-refractivity contribution in [3.63, 3.8) is 0 Å². The van der Waals surface area contributed by atoms with Crippen LogP contribution in [0, 0.1) is 0 Å². The number of rotatable bonds is 4. The van der Waals surface area contributed by atoms with Crippen LogP contribution in [0.15, 0.2) is 54.6 Å². The van der Waals surface area contributed by atoms with E-state index >= 15 is 0 Å². The molecule has 3 heteroatoms. The Morgan fingerprint density at radius 3 is 2.60 bits per heavy atom. The van der Waals surface area contributed by atoms with Gasteiger partial charge in [-0.25, -0.2) is 0 Å². The van der Waals surface area contributed by atoms with E-state index in [0.29, 0.717) is 6.04 Å². The van der Waals surface area contributed by atoms with Crippen LogP contribution in [-0.2, 0) is 6.42 Å². The van der Waals surface area contributed by atoms with Crippen molar-refractivity contribution in [2.45, 2.75) is 12.5 Å². The summed E-state index contributed by atoms with van der Waals surface area (Å²) in [5.41, 5.74) is 1.37. The summed E-state index contributed by atoms with van der Waals surface area (Å²) in [7, 11) is 2.00. The Balaban J connectivity index is 1.95. The van der Waals surface area contributed by atoms with Crippen molar-refractivity contribution in [3.05, 3.63) is 69.4 Å². The molecule has 1 nitrogen and oxygen atoms in total. The van der Waals surface area contributed by atoms with Crippen LogP contribution in [0.1, 0.15) is 16.5 Å². The van der Waals surface area contributed by atoms with Gasteiger partial charge in [-0.2, -0.15) is 0 Å². The van der Waals surface area contributed by atoms with Gasteiger partial charge in [0.25, 0.3) is 0 Å². The zero-order valence-electron chi connectivity index (χ0n) is 11.3. The van der Waals surface area contributed by atoms with E-state index in [1.54, 1.807) is 11.3 Å². The van der Waals surface area contributed by atoms with Gasteiger partial charge in [0.2, 0.25) is 0 Å². The molecule has 0 aliphatic heterocycles. The first-order valence-corrected chi connectivity index (χ1v) is 7.86. The molecule has 0 bridgehead atoms. The van der Waals surface area contributed by atoms with Gasteiger partial charge in [-0.1, -0.05) is 54.1 Å². The minimum atomic E-state index is 0.304. The van der Waals surface area contributed by atoms with Gasteiger partial charge in [-0.05, 0) is 41.9 Å². The van der Waals surface area contributed by atoms with Crippen molar-refractivity contribution < 1.29 is 0 Å². The van der Waals surface area contributed by atoms with Crippen LogP contribution in [0.2, 0.25) is 4.34 Å². The van der Waals surface area contributed by atoms with E-state index in [9.17, 15) is 0 Å². The Kier molecular flexibility index (Phi) is 4.06. The standard InChI is InChI=1S/C17H16ClNS/c1-19-15(16-9-10-17(18)20-16)11-13-7-4-6-12-5-2-3-8-14(12)13/h2-10,15,19H,11H2,1H3. The number of halogens is 1. The molecule has 20 heavy (non-hydrogen) atoms. The lowest BCUT2D eigenvalue weighted by atomic mass is 9.98. The maximum Gasteiger partial charge on any atom is 0.0931 e. The van der Waals surface area contributed by atoms with Gasteiger partial charge in [-0.3, -0.25) is 0 Å². The second-order valence-corrected chi connectivity index (χ2v) is 6.57. The second-order valence-electron chi connectivity index (χ2n) is 4.83. The summed E-state index contributed by atoms with van der Waals surface area (Å²) in [5.74, 6) is 0. The molecule has 0 fully saturated rings. The van der Waals surface area contributed by atoms with Crippen LogP contribution in [0.5, 0.6) is 0 Å². The predicted octanol–water partition coefficient (Wildman–Crippen LogP) is 5.06. The molecule has 3 rings (SSSR count). The van der Waals surface area contributed by atoms with Gasteiger partial charge in [-0.15, -0.1) is 11.3 Å². The number of fused-ring (bicyclic) bond motifs is 1. The highest BCUT2D eigenvalue weighted by molar-refractivity contribution is 7.16. The molecule has 102 valence electrons. The molecule has 1 aromatic heterocycles. The fraction of sp³-hybridized carbons (Fsp3) is 0.176. The van der Waals surface area contributed by atoms with E-state index in [0.717, 1.165) is 10.8 Å². The monoisotopic (exact) mass is 301 g/mol. The summed E-state index contributed by atoms with van der Waals surface area (Å²) in [6, 6.07) is 19.4. The molecule has 1 unspecified atom stereocenters. The zero-order chi connectivity index (χ0) is 13.9. The summed E-state index contributed by atoms with van der Waals surface area (Å²) in [4.78, 5) is 1.28. The van der Waals surface area contributed by atoms with Gasteiger partial charge < -0.3 is 5.32 Å². The normalized spacial score (nSPS) is 12.7. The van der Waals surface area contributed by atoms with Crippen molar-refractivity contribution in [2.24, 2.45) is 0 Å². The molecule has 0 spiro atoms. The van der Waals surface area contributed by atoms with Crippen molar-refractivity contribution in [2.75, 3.05) is 7.05 Å². The molecule has 1 heterocycles. The summed E-state index contributed by atoms with van der Waals surface area (Å²) in [6.07, 6.45) is 0.967. The first-order chi connectivity index (χ1) is 9.78. The number of thiophene rings is 1. The minimum Gasteiger partial charge on any atom is -0.312 e. The molecule has 1 atom stereocenters. The van der Waals surface area contributed by atoms with Crippen LogP contribution in [0.4, 0.5) is 0 Å². The molecular weight excluding hydrogens is 286 g/mol. The van der Waals surface area contributed by atoms with Gasteiger partial charge in [0.1, 0.15) is 0 Å². The smallest absolute Gasteiger partial charge is 0.0931 e. The largest absolute Gasteiger partial charge is 0.312 e. The lowest BCUT2D eigenvalue weighted by Gasteiger charge is -2.16. The highest BCUT2D eigenvalue weighted by Crippen LogP contribution is 2.30. The maximum atomic E-state index is 6.05. The number of benzene rings is 2. The summed E-state index contributed by atoms with van der Waals surface area (Å²) in [5, 5.41) is 6.02. The molecule has 0 amide bonds. The summed E-state index contributed by atoms with van der Waals surface area (Å²) >= 11 is 7.70. The van der Waals surface area contributed by atoms with E-state index in [-0.39, 0.29) is 0 Å². The van der Waals surface area contributed by atoms with Crippen LogP contribution >= 0.6 is 22.9 Å². The van der Waals surface area contributed by atoms with Gasteiger partial charge in [0.15, 0.2) is 0 Å². The molecule has 0 saturated heterocycles. The Morgan fingerprint density at radius 2 is 1.85 bits per heavy atom. The molecule has 1 N–H and O–H groups in total. The molecule has 0 aliphatic rings. The van der Waals surface area contributed by atoms with Crippen LogP contribution in [0.3, 0.4) is 0 Å². The fourth-order valence-corrected chi connectivity index (χ4v) is 3.72. The predicted molar refractivity (Wildman–Crippen MR) is 88.8 cm³/mol. The average molecular weight is 302 g/mol. The molecule has 2 aromatic carbocycles. The van der Waals surface area contributed by atoms with E-state index in [1.165, 1.54) is 21.2 Å². The van der Waals surface area contributed by atoms with Crippen molar-refractivity contribution in [3.8, 4) is 0 Å². The number of hydrogen-bond acceptors (Lipinski definition) is 2. The Labute approximate surface area is 128 Å². The van der Waals surface area contributed by atoms with E-state index < -0.39 is 0 Å². The first-order valence-electron chi connectivity index (χ1n) is 6.67.